The molecule has 106 valence electrons. The molecule has 0 heterocycles. The number of halogens is 3. The molecule has 1 N–H and O–H groups in total. The number of carboxylic acid groups (broad SMARTS) is 1. The molecular weight excluding hydrogens is 259 g/mol. The number of aliphatic carboxylic acids is 1. The molecule has 6 heteroatoms. The second-order valence-electron chi connectivity index (χ2n) is 4.48. The quantitative estimate of drug-likeness (QED) is 0.897. The van der Waals surface area contributed by atoms with Gasteiger partial charge in [0.05, 0.1) is 5.56 Å². The maximum Gasteiger partial charge on any atom is 0.416 e. The second-order valence-corrected chi connectivity index (χ2v) is 4.48. The number of carbonyl (C=O) groups is 1. The fourth-order valence-corrected chi connectivity index (χ4v) is 1.83. The number of alkyl halides is 3. The van der Waals surface area contributed by atoms with Gasteiger partial charge >= 0.3 is 12.1 Å². The summed E-state index contributed by atoms with van der Waals surface area (Å²) >= 11 is 0. The van der Waals surface area contributed by atoms with Crippen LogP contribution >= 0.6 is 0 Å². The highest BCUT2D eigenvalue weighted by Crippen LogP contribution is 2.33. The van der Waals surface area contributed by atoms with Gasteiger partial charge in [-0.15, -0.1) is 0 Å². The zero-order valence-corrected chi connectivity index (χ0v) is 10.8. The van der Waals surface area contributed by atoms with Crippen LogP contribution < -0.4 is 4.90 Å². The zero-order valence-electron chi connectivity index (χ0n) is 10.8. The van der Waals surface area contributed by atoms with Crippen molar-refractivity contribution in [1.29, 1.82) is 0 Å². The number of anilines is 1. The van der Waals surface area contributed by atoms with Gasteiger partial charge in [-0.3, -0.25) is 4.79 Å². The normalized spacial score (nSPS) is 11.4. The lowest BCUT2D eigenvalue weighted by Gasteiger charge is -2.19. The van der Waals surface area contributed by atoms with Crippen LogP contribution in [0.25, 0.3) is 0 Å². The highest BCUT2D eigenvalue weighted by Gasteiger charge is 2.31. The number of benzene rings is 1. The minimum absolute atomic E-state index is 0.0525. The predicted octanol–water partition coefficient (Wildman–Crippen LogP) is 3.18. The van der Waals surface area contributed by atoms with Crippen molar-refractivity contribution < 1.29 is 23.1 Å². The van der Waals surface area contributed by atoms with Crippen LogP contribution in [0.5, 0.6) is 0 Å². The Morgan fingerprint density at radius 1 is 1.32 bits per heavy atom. The first kappa shape index (κ1) is 15.3. The Labute approximate surface area is 109 Å². The van der Waals surface area contributed by atoms with Crippen molar-refractivity contribution in [3.8, 4) is 0 Å². The van der Waals surface area contributed by atoms with E-state index in [1.54, 1.807) is 19.0 Å². The zero-order chi connectivity index (χ0) is 14.6. The summed E-state index contributed by atoms with van der Waals surface area (Å²) in [5, 5.41) is 8.56. The van der Waals surface area contributed by atoms with E-state index < -0.39 is 17.7 Å². The molecule has 0 atom stereocenters. The first-order valence-electron chi connectivity index (χ1n) is 5.81. The molecular formula is C13H16F3NO2. The van der Waals surface area contributed by atoms with E-state index in [1.807, 2.05) is 0 Å². The predicted molar refractivity (Wildman–Crippen MR) is 66.3 cm³/mol. The summed E-state index contributed by atoms with van der Waals surface area (Å²) in [4.78, 5) is 12.2. The van der Waals surface area contributed by atoms with Crippen molar-refractivity contribution in [3.05, 3.63) is 29.3 Å². The standard InChI is InChI=1S/C13H16F3NO2/c1-17(2)11-7-6-10(13(14,15)16)8-9(11)4-3-5-12(18)19/h6-8H,3-5H2,1-2H3,(H,18,19). The van der Waals surface area contributed by atoms with Crippen LogP contribution in [0.15, 0.2) is 18.2 Å². The topological polar surface area (TPSA) is 40.5 Å². The first-order chi connectivity index (χ1) is 8.71. The van der Waals surface area contributed by atoms with E-state index in [0.29, 0.717) is 24.1 Å². The summed E-state index contributed by atoms with van der Waals surface area (Å²) < 4.78 is 37.9. The van der Waals surface area contributed by atoms with Gasteiger partial charge in [-0.2, -0.15) is 13.2 Å². The van der Waals surface area contributed by atoms with Crippen molar-refractivity contribution in [2.45, 2.75) is 25.4 Å². The van der Waals surface area contributed by atoms with Crippen LogP contribution in [-0.4, -0.2) is 25.2 Å². The summed E-state index contributed by atoms with van der Waals surface area (Å²) in [6.07, 6.45) is -3.81. The molecule has 3 nitrogen and oxygen atoms in total. The Balaban J connectivity index is 2.99. The number of nitrogens with zero attached hydrogens (tertiary/aromatic N) is 1. The molecule has 0 fully saturated rings. The molecule has 0 saturated heterocycles. The van der Waals surface area contributed by atoms with E-state index >= 15 is 0 Å². The van der Waals surface area contributed by atoms with Gasteiger partial charge in [0.15, 0.2) is 0 Å². The lowest BCUT2D eigenvalue weighted by molar-refractivity contribution is -0.138. The van der Waals surface area contributed by atoms with Gasteiger partial charge in [0.2, 0.25) is 0 Å². The van der Waals surface area contributed by atoms with Crippen LogP contribution in [0.2, 0.25) is 0 Å². The molecule has 0 spiro atoms. The van der Waals surface area contributed by atoms with E-state index in [1.165, 1.54) is 6.07 Å². The summed E-state index contributed by atoms with van der Waals surface area (Å²) in [5.74, 6) is -0.946. The highest BCUT2D eigenvalue weighted by molar-refractivity contribution is 5.66. The SMILES string of the molecule is CN(C)c1ccc(C(F)(F)F)cc1CCCC(=O)O. The monoisotopic (exact) mass is 275 g/mol. The van der Waals surface area contributed by atoms with Crippen LogP contribution in [0.1, 0.15) is 24.0 Å². The molecule has 0 amide bonds. The second kappa shape index (κ2) is 5.95. The Hall–Kier alpha value is -1.72. The van der Waals surface area contributed by atoms with Gasteiger partial charge in [0.25, 0.3) is 0 Å². The number of rotatable bonds is 5. The van der Waals surface area contributed by atoms with Gasteiger partial charge in [-0.05, 0) is 36.6 Å². The van der Waals surface area contributed by atoms with Gasteiger partial charge in [-0.1, -0.05) is 0 Å². The third kappa shape index (κ3) is 4.46. The van der Waals surface area contributed by atoms with Crippen molar-refractivity contribution in [3.63, 3.8) is 0 Å². The van der Waals surface area contributed by atoms with E-state index in [9.17, 15) is 18.0 Å². The summed E-state index contributed by atoms with van der Waals surface area (Å²) in [6, 6.07) is 3.55. The molecule has 0 unspecified atom stereocenters. The average Bonchev–Trinajstić information content (AvgIpc) is 2.26. The smallest absolute Gasteiger partial charge is 0.416 e. The molecule has 0 saturated carbocycles. The van der Waals surface area contributed by atoms with E-state index in [-0.39, 0.29) is 6.42 Å². The van der Waals surface area contributed by atoms with Gasteiger partial charge in [-0.25, -0.2) is 0 Å². The molecule has 1 rings (SSSR count). The Bertz CT molecular complexity index is 456. The Morgan fingerprint density at radius 2 is 1.95 bits per heavy atom. The molecule has 1 aromatic rings. The van der Waals surface area contributed by atoms with Crippen molar-refractivity contribution in [1.82, 2.24) is 0 Å². The Kier molecular flexibility index (Phi) is 4.80. The molecule has 0 aromatic heterocycles. The third-order valence-corrected chi connectivity index (χ3v) is 2.73. The number of hydrogen-bond donors (Lipinski definition) is 1. The highest BCUT2D eigenvalue weighted by atomic mass is 19.4. The van der Waals surface area contributed by atoms with Crippen LogP contribution in [0.3, 0.4) is 0 Å². The Morgan fingerprint density at radius 3 is 2.42 bits per heavy atom. The largest absolute Gasteiger partial charge is 0.481 e. The average molecular weight is 275 g/mol. The molecule has 0 aliphatic carbocycles. The minimum atomic E-state index is -4.38. The minimum Gasteiger partial charge on any atom is -0.481 e. The van der Waals surface area contributed by atoms with Crippen LogP contribution in [0, 0.1) is 0 Å². The van der Waals surface area contributed by atoms with E-state index in [4.69, 9.17) is 5.11 Å². The number of hydrogen-bond acceptors (Lipinski definition) is 2. The van der Waals surface area contributed by atoms with Crippen LogP contribution in [-0.2, 0) is 17.4 Å². The number of carboxylic acids is 1. The van der Waals surface area contributed by atoms with Crippen molar-refractivity contribution in [2.75, 3.05) is 19.0 Å². The van der Waals surface area contributed by atoms with Gasteiger partial charge in [0.1, 0.15) is 0 Å². The lowest BCUT2D eigenvalue weighted by Crippen LogP contribution is -2.13. The molecule has 0 bridgehead atoms. The third-order valence-electron chi connectivity index (χ3n) is 2.73. The molecule has 0 radical (unpaired) electrons. The van der Waals surface area contributed by atoms with Gasteiger partial charge in [0, 0.05) is 26.2 Å². The van der Waals surface area contributed by atoms with E-state index in [2.05, 4.69) is 0 Å². The fourth-order valence-electron chi connectivity index (χ4n) is 1.83. The summed E-state index contributed by atoms with van der Waals surface area (Å²) in [7, 11) is 3.48. The molecule has 19 heavy (non-hydrogen) atoms. The molecule has 0 aliphatic heterocycles. The molecule has 0 aliphatic rings. The van der Waals surface area contributed by atoms with Gasteiger partial charge < -0.3 is 10.0 Å². The van der Waals surface area contributed by atoms with Crippen LogP contribution in [0.4, 0.5) is 18.9 Å². The fraction of sp³-hybridized carbons (Fsp3) is 0.462. The van der Waals surface area contributed by atoms with Crippen molar-refractivity contribution >= 4 is 11.7 Å². The maximum absolute atomic E-state index is 12.6. The van der Waals surface area contributed by atoms with E-state index in [0.717, 1.165) is 12.1 Å². The van der Waals surface area contributed by atoms with Crippen molar-refractivity contribution in [2.24, 2.45) is 0 Å². The summed E-state index contributed by atoms with van der Waals surface area (Å²) in [5.41, 5.74) is 0.489. The lowest BCUT2D eigenvalue weighted by atomic mass is 10.0. The molecule has 1 aromatic carbocycles. The summed E-state index contributed by atoms with van der Waals surface area (Å²) in [6.45, 7) is 0. The number of aryl methyl sites for hydroxylation is 1. The first-order valence-corrected chi connectivity index (χ1v) is 5.81. The maximum atomic E-state index is 12.6.